The summed E-state index contributed by atoms with van der Waals surface area (Å²) in [6.07, 6.45) is 1.58. The minimum absolute atomic E-state index is 0.149. The van der Waals surface area contributed by atoms with Crippen LogP contribution in [0, 0.1) is 6.92 Å². The number of hydrogen-bond acceptors (Lipinski definition) is 3. The number of aryl methyl sites for hydroxylation is 1. The molecule has 1 saturated heterocycles. The van der Waals surface area contributed by atoms with Gasteiger partial charge < -0.3 is 5.11 Å². The van der Waals surface area contributed by atoms with E-state index >= 15 is 0 Å². The SMILES string of the molecule is Cc1ccccc1C(c1ccc2ccccc2n1)N1CCCC1C(=O)O. The highest BCUT2D eigenvalue weighted by Crippen LogP contribution is 2.36. The molecule has 0 aliphatic carbocycles. The van der Waals surface area contributed by atoms with Crippen molar-refractivity contribution in [1.29, 1.82) is 0 Å². The van der Waals surface area contributed by atoms with Gasteiger partial charge in [-0.25, -0.2) is 0 Å². The number of rotatable bonds is 4. The Balaban J connectivity index is 1.87. The summed E-state index contributed by atoms with van der Waals surface area (Å²) < 4.78 is 0. The van der Waals surface area contributed by atoms with Crippen molar-refractivity contribution < 1.29 is 9.90 Å². The summed E-state index contributed by atoms with van der Waals surface area (Å²) in [6, 6.07) is 19.7. The van der Waals surface area contributed by atoms with Crippen LogP contribution >= 0.6 is 0 Å². The standard InChI is InChI=1S/C22H22N2O2/c1-15-7-2-4-9-17(15)21(24-14-6-11-20(24)22(25)26)19-13-12-16-8-3-5-10-18(16)23-19/h2-5,7-10,12-13,20-21H,6,11,14H2,1H3,(H,25,26). The van der Waals surface area contributed by atoms with E-state index in [-0.39, 0.29) is 6.04 Å². The molecule has 26 heavy (non-hydrogen) atoms. The number of fused-ring (bicyclic) bond motifs is 1. The number of likely N-dealkylation sites (tertiary alicyclic amines) is 1. The zero-order valence-electron chi connectivity index (χ0n) is 14.8. The first kappa shape index (κ1) is 16.7. The maximum atomic E-state index is 11.8. The van der Waals surface area contributed by atoms with Crippen molar-refractivity contribution in [3.8, 4) is 0 Å². The van der Waals surface area contributed by atoms with E-state index in [0.29, 0.717) is 6.42 Å². The van der Waals surface area contributed by atoms with Crippen LogP contribution < -0.4 is 0 Å². The van der Waals surface area contributed by atoms with Crippen molar-refractivity contribution in [2.75, 3.05) is 6.54 Å². The molecule has 2 heterocycles. The lowest BCUT2D eigenvalue weighted by molar-refractivity contribution is -0.142. The molecule has 0 amide bonds. The molecule has 0 spiro atoms. The maximum absolute atomic E-state index is 11.8. The fraction of sp³-hybridized carbons (Fsp3) is 0.273. The number of para-hydroxylation sites is 1. The number of nitrogens with zero attached hydrogens (tertiary/aromatic N) is 2. The molecule has 1 N–H and O–H groups in total. The van der Waals surface area contributed by atoms with Gasteiger partial charge >= 0.3 is 5.97 Å². The van der Waals surface area contributed by atoms with E-state index in [4.69, 9.17) is 4.98 Å². The largest absolute Gasteiger partial charge is 0.480 e. The van der Waals surface area contributed by atoms with Crippen molar-refractivity contribution in [2.45, 2.75) is 31.8 Å². The topological polar surface area (TPSA) is 53.4 Å². The highest BCUT2D eigenvalue weighted by molar-refractivity contribution is 5.78. The number of benzene rings is 2. The minimum Gasteiger partial charge on any atom is -0.480 e. The van der Waals surface area contributed by atoms with Crippen molar-refractivity contribution in [2.24, 2.45) is 0 Å². The molecule has 0 saturated carbocycles. The molecular weight excluding hydrogens is 324 g/mol. The molecule has 132 valence electrons. The fourth-order valence-electron chi connectivity index (χ4n) is 4.00. The predicted octanol–water partition coefficient (Wildman–Crippen LogP) is 4.18. The molecule has 2 atom stereocenters. The Morgan fingerprint density at radius 3 is 2.69 bits per heavy atom. The summed E-state index contributed by atoms with van der Waals surface area (Å²) in [6.45, 7) is 2.85. The third kappa shape index (κ3) is 2.97. The highest BCUT2D eigenvalue weighted by atomic mass is 16.4. The Kier molecular flexibility index (Phi) is 4.43. The van der Waals surface area contributed by atoms with Gasteiger partial charge in [-0.1, -0.05) is 48.5 Å². The number of aromatic nitrogens is 1. The second-order valence-corrected chi connectivity index (χ2v) is 6.92. The zero-order valence-corrected chi connectivity index (χ0v) is 14.8. The smallest absolute Gasteiger partial charge is 0.320 e. The van der Waals surface area contributed by atoms with Gasteiger partial charge in [-0.2, -0.15) is 0 Å². The quantitative estimate of drug-likeness (QED) is 0.770. The Labute approximate surface area is 153 Å². The summed E-state index contributed by atoms with van der Waals surface area (Å²) in [5, 5.41) is 10.8. The van der Waals surface area contributed by atoms with Crippen LogP contribution in [-0.2, 0) is 4.79 Å². The van der Waals surface area contributed by atoms with Gasteiger partial charge in [-0.15, -0.1) is 0 Å². The second-order valence-electron chi connectivity index (χ2n) is 6.92. The van der Waals surface area contributed by atoms with E-state index in [9.17, 15) is 9.90 Å². The summed E-state index contributed by atoms with van der Waals surface area (Å²) in [5.41, 5.74) is 4.13. The fourth-order valence-corrected chi connectivity index (χ4v) is 4.00. The van der Waals surface area contributed by atoms with E-state index in [1.807, 2.05) is 42.5 Å². The summed E-state index contributed by atoms with van der Waals surface area (Å²) in [4.78, 5) is 18.8. The molecule has 0 bridgehead atoms. The summed E-state index contributed by atoms with van der Waals surface area (Å²) in [5.74, 6) is -0.748. The molecule has 1 fully saturated rings. The van der Waals surface area contributed by atoms with Crippen molar-refractivity contribution in [3.05, 3.63) is 77.5 Å². The van der Waals surface area contributed by atoms with Gasteiger partial charge in [0.05, 0.1) is 17.3 Å². The molecule has 0 radical (unpaired) electrons. The van der Waals surface area contributed by atoms with E-state index in [1.54, 1.807) is 0 Å². The second kappa shape index (κ2) is 6.89. The lowest BCUT2D eigenvalue weighted by Gasteiger charge is -2.32. The van der Waals surface area contributed by atoms with Crippen LogP contribution in [0.25, 0.3) is 10.9 Å². The van der Waals surface area contributed by atoms with Gasteiger partial charge in [-0.05, 0) is 43.0 Å². The van der Waals surface area contributed by atoms with Crippen molar-refractivity contribution >= 4 is 16.9 Å². The number of aliphatic carboxylic acids is 1. The van der Waals surface area contributed by atoms with Crippen LogP contribution in [-0.4, -0.2) is 33.5 Å². The third-order valence-corrected chi connectivity index (χ3v) is 5.29. The average Bonchev–Trinajstić information content (AvgIpc) is 3.13. The molecule has 4 heteroatoms. The molecule has 3 aromatic rings. The molecule has 2 unspecified atom stereocenters. The molecule has 1 aromatic heterocycles. The van der Waals surface area contributed by atoms with E-state index in [1.165, 1.54) is 0 Å². The van der Waals surface area contributed by atoms with Crippen LogP contribution in [0.2, 0.25) is 0 Å². The van der Waals surface area contributed by atoms with Crippen LogP contribution in [0.4, 0.5) is 0 Å². The Morgan fingerprint density at radius 1 is 1.12 bits per heavy atom. The van der Waals surface area contributed by atoms with Gasteiger partial charge in [0.25, 0.3) is 0 Å². The van der Waals surface area contributed by atoms with Crippen molar-refractivity contribution in [3.63, 3.8) is 0 Å². The molecule has 4 nitrogen and oxygen atoms in total. The summed E-state index contributed by atoms with van der Waals surface area (Å²) >= 11 is 0. The van der Waals surface area contributed by atoms with Gasteiger partial charge in [0.1, 0.15) is 6.04 Å². The predicted molar refractivity (Wildman–Crippen MR) is 102 cm³/mol. The Bertz CT molecular complexity index is 954. The van der Waals surface area contributed by atoms with Gasteiger partial charge in [-0.3, -0.25) is 14.7 Å². The van der Waals surface area contributed by atoms with Crippen LogP contribution in [0.15, 0.2) is 60.7 Å². The number of carboxylic acids is 1. The van der Waals surface area contributed by atoms with Gasteiger partial charge in [0, 0.05) is 11.9 Å². The number of pyridine rings is 1. The first-order valence-electron chi connectivity index (χ1n) is 9.05. The molecule has 4 rings (SSSR count). The lowest BCUT2D eigenvalue weighted by atomic mass is 9.95. The lowest BCUT2D eigenvalue weighted by Crippen LogP contribution is -2.39. The first-order chi connectivity index (χ1) is 12.6. The van der Waals surface area contributed by atoms with E-state index < -0.39 is 12.0 Å². The Hall–Kier alpha value is -2.72. The summed E-state index contributed by atoms with van der Waals surface area (Å²) in [7, 11) is 0. The van der Waals surface area contributed by atoms with Gasteiger partial charge in [0.2, 0.25) is 0 Å². The van der Waals surface area contributed by atoms with E-state index in [0.717, 1.165) is 40.7 Å². The maximum Gasteiger partial charge on any atom is 0.320 e. The minimum atomic E-state index is -0.748. The average molecular weight is 346 g/mol. The molecule has 2 aromatic carbocycles. The van der Waals surface area contributed by atoms with Gasteiger partial charge in [0.15, 0.2) is 0 Å². The monoisotopic (exact) mass is 346 g/mol. The van der Waals surface area contributed by atoms with E-state index in [2.05, 4.69) is 30.0 Å². The zero-order chi connectivity index (χ0) is 18.1. The number of carboxylic acid groups (broad SMARTS) is 1. The Morgan fingerprint density at radius 2 is 1.88 bits per heavy atom. The van der Waals surface area contributed by atoms with Crippen LogP contribution in [0.3, 0.4) is 0 Å². The van der Waals surface area contributed by atoms with Crippen LogP contribution in [0.1, 0.15) is 35.7 Å². The van der Waals surface area contributed by atoms with Crippen LogP contribution in [0.5, 0.6) is 0 Å². The van der Waals surface area contributed by atoms with Crippen molar-refractivity contribution in [1.82, 2.24) is 9.88 Å². The molecule has 1 aliphatic heterocycles. The molecule has 1 aliphatic rings. The normalized spacial score (nSPS) is 18.9. The highest BCUT2D eigenvalue weighted by Gasteiger charge is 2.37. The number of hydrogen-bond donors (Lipinski definition) is 1. The first-order valence-corrected chi connectivity index (χ1v) is 9.05. The third-order valence-electron chi connectivity index (χ3n) is 5.29. The number of carbonyl (C=O) groups is 1. The molecular formula is C22H22N2O2.